The van der Waals surface area contributed by atoms with Crippen LogP contribution in [0.3, 0.4) is 0 Å². The standard InChI is InChI=1S/C27H27N5O4.C17H19N3O2.C10H10N2O3/c1-15(2)13-32-14-16(12-29-32)25-20(19-10-18(35-4)6-7-22(19)31-25)11-24-26(33)21-9-17(30-27(34)28-3)5-8-23(21)36-24;1-11(2)8-20-9-12(7-18-20)17-15(10-21)14-6-13(22-3)4-5-16(14)19-17;1-11-10(14)12-6-2-3-9-7(4-6)8(13)5-15-9/h5-12,14-15,31H,13H2,1-4H3,(H2,28,30,34);4-7,9-11,19H,8H2,1-3H3;2-4H,5H2,1H3,(H2,11,12,14)/b24-11-;;. The van der Waals surface area contributed by atoms with Gasteiger partial charge in [0.15, 0.2) is 18.7 Å². The van der Waals surface area contributed by atoms with Gasteiger partial charge in [0.1, 0.15) is 23.0 Å². The minimum atomic E-state index is -0.368. The number of methoxy groups -OCH3 is 2. The normalized spacial score (nSPS) is 12.9. The number of allylic oxidation sites excluding steroid dienone is 1. The second-order valence-corrected chi connectivity index (χ2v) is 17.9. The number of amides is 4. The highest BCUT2D eigenvalue weighted by atomic mass is 16.5. The zero-order valence-electron chi connectivity index (χ0n) is 41.6. The number of fused-ring (bicyclic) bond motifs is 4. The molecule has 19 heteroatoms. The molecule has 4 amide bonds. The third-order valence-corrected chi connectivity index (χ3v) is 11.7. The number of H-pyrrole nitrogens is 2. The van der Waals surface area contributed by atoms with Crippen LogP contribution in [-0.4, -0.2) is 94.4 Å². The fourth-order valence-electron chi connectivity index (χ4n) is 8.26. The zero-order valence-corrected chi connectivity index (χ0v) is 41.6. The largest absolute Gasteiger partial charge is 0.497 e. The van der Waals surface area contributed by atoms with Gasteiger partial charge in [-0.2, -0.15) is 10.2 Å². The molecule has 19 nitrogen and oxygen atoms in total. The van der Waals surface area contributed by atoms with Crippen LogP contribution in [0.15, 0.2) is 103 Å². The molecule has 0 aliphatic carbocycles. The van der Waals surface area contributed by atoms with Crippen molar-refractivity contribution in [2.24, 2.45) is 11.8 Å². The summed E-state index contributed by atoms with van der Waals surface area (Å²) in [5, 5.41) is 20.8. The lowest BCUT2D eigenvalue weighted by Crippen LogP contribution is -2.24. The predicted octanol–water partition coefficient (Wildman–Crippen LogP) is 9.58. The van der Waals surface area contributed by atoms with E-state index in [9.17, 15) is 24.0 Å². The number of nitrogens with zero attached hydrogens (tertiary/aromatic N) is 4. The first-order valence-electron chi connectivity index (χ1n) is 23.4. The summed E-state index contributed by atoms with van der Waals surface area (Å²) in [4.78, 5) is 65.7. The average molecular weight is 989 g/mol. The molecule has 2 aliphatic rings. The Morgan fingerprint density at radius 1 is 0.699 bits per heavy atom. The summed E-state index contributed by atoms with van der Waals surface area (Å²) >= 11 is 0. The van der Waals surface area contributed by atoms with Crippen LogP contribution in [0, 0.1) is 11.8 Å². The Bertz CT molecular complexity index is 3410. The molecule has 8 aromatic rings. The lowest BCUT2D eigenvalue weighted by molar-refractivity contribution is 0.0960. The number of Topliss-reactive ketones (excluding diaryl/α,β-unsaturated/α-hetero) is 2. The molecule has 0 spiro atoms. The first-order valence-corrected chi connectivity index (χ1v) is 23.4. The van der Waals surface area contributed by atoms with E-state index in [0.717, 1.165) is 75.0 Å². The molecule has 0 unspecified atom stereocenters. The number of ether oxygens (including phenoxy) is 4. The Hall–Kier alpha value is -9.13. The van der Waals surface area contributed by atoms with E-state index in [4.69, 9.17) is 18.9 Å². The first kappa shape index (κ1) is 50.3. The summed E-state index contributed by atoms with van der Waals surface area (Å²) in [6.07, 6.45) is 10.2. The number of aromatic amines is 2. The maximum atomic E-state index is 13.3. The van der Waals surface area contributed by atoms with E-state index in [2.05, 4.69) is 69.1 Å². The highest BCUT2D eigenvalue weighted by Crippen LogP contribution is 2.39. The summed E-state index contributed by atoms with van der Waals surface area (Å²) in [5.74, 6) is 3.30. The molecule has 73 heavy (non-hydrogen) atoms. The second-order valence-electron chi connectivity index (χ2n) is 17.9. The fourth-order valence-corrected chi connectivity index (χ4v) is 8.26. The van der Waals surface area contributed by atoms with Crippen molar-refractivity contribution in [3.8, 4) is 45.5 Å². The number of aldehydes is 1. The second kappa shape index (κ2) is 21.9. The van der Waals surface area contributed by atoms with Crippen LogP contribution in [0.5, 0.6) is 23.0 Å². The van der Waals surface area contributed by atoms with Gasteiger partial charge in [-0.25, -0.2) is 9.59 Å². The van der Waals surface area contributed by atoms with Crippen LogP contribution >= 0.6 is 0 Å². The maximum Gasteiger partial charge on any atom is 0.318 e. The number of aromatic nitrogens is 6. The van der Waals surface area contributed by atoms with Gasteiger partial charge >= 0.3 is 12.1 Å². The smallest absolute Gasteiger partial charge is 0.318 e. The highest BCUT2D eigenvalue weighted by molar-refractivity contribution is 6.16. The van der Waals surface area contributed by atoms with Crippen molar-refractivity contribution in [2.45, 2.75) is 40.8 Å². The van der Waals surface area contributed by atoms with E-state index in [1.54, 1.807) is 62.9 Å². The molecule has 0 radical (unpaired) electrons. The number of ketones is 2. The number of carbonyl (C=O) groups is 5. The molecule has 4 aromatic carbocycles. The molecule has 0 saturated carbocycles. The van der Waals surface area contributed by atoms with Crippen LogP contribution in [0.4, 0.5) is 21.0 Å². The molecular weight excluding hydrogens is 933 g/mol. The molecule has 4 aromatic heterocycles. The summed E-state index contributed by atoms with van der Waals surface area (Å²) in [7, 11) is 6.29. The van der Waals surface area contributed by atoms with E-state index in [-0.39, 0.29) is 36.0 Å². The summed E-state index contributed by atoms with van der Waals surface area (Å²) in [6.45, 7) is 10.3. The van der Waals surface area contributed by atoms with Gasteiger partial charge in [0.05, 0.1) is 49.1 Å². The molecule has 6 heterocycles. The number of nitrogens with one attached hydrogen (secondary N) is 6. The van der Waals surface area contributed by atoms with Crippen LogP contribution < -0.4 is 40.2 Å². The van der Waals surface area contributed by atoms with E-state index < -0.39 is 0 Å². The number of benzene rings is 4. The van der Waals surface area contributed by atoms with Crippen molar-refractivity contribution in [2.75, 3.05) is 45.6 Å². The van der Waals surface area contributed by atoms with Crippen LogP contribution in [0.25, 0.3) is 50.4 Å². The van der Waals surface area contributed by atoms with E-state index >= 15 is 0 Å². The maximum absolute atomic E-state index is 13.3. The number of hydrogen-bond donors (Lipinski definition) is 6. The highest BCUT2D eigenvalue weighted by Gasteiger charge is 2.29. The minimum Gasteiger partial charge on any atom is -0.497 e. The Kier molecular flexibility index (Phi) is 15.1. The Morgan fingerprint density at radius 3 is 1.71 bits per heavy atom. The molecular formula is C54H56N10O9. The average Bonchev–Trinajstić information content (AvgIpc) is 4.27. The lowest BCUT2D eigenvalue weighted by Gasteiger charge is -2.05. The van der Waals surface area contributed by atoms with Crippen molar-refractivity contribution >= 4 is 69.2 Å². The Labute approximate surface area is 420 Å². The number of rotatable bonds is 12. The topological polar surface area (TPSA) is 238 Å². The Balaban J connectivity index is 0.000000162. The quantitative estimate of drug-likeness (QED) is 0.0498. The monoisotopic (exact) mass is 988 g/mol. The van der Waals surface area contributed by atoms with Crippen molar-refractivity contribution in [1.82, 2.24) is 40.2 Å². The molecule has 376 valence electrons. The number of urea groups is 2. The van der Waals surface area contributed by atoms with E-state index in [1.807, 2.05) is 64.4 Å². The van der Waals surface area contributed by atoms with Crippen molar-refractivity contribution in [1.29, 1.82) is 0 Å². The number of carbonyl (C=O) groups excluding carboxylic acids is 5. The number of hydrogen-bond acceptors (Lipinski definition) is 11. The summed E-state index contributed by atoms with van der Waals surface area (Å²) < 4.78 is 25.6. The molecule has 0 fully saturated rings. The minimum absolute atomic E-state index is 0.0643. The third-order valence-electron chi connectivity index (χ3n) is 11.7. The van der Waals surface area contributed by atoms with Gasteiger partial charge in [0.2, 0.25) is 11.6 Å². The molecule has 2 aliphatic heterocycles. The van der Waals surface area contributed by atoms with Crippen molar-refractivity contribution in [3.63, 3.8) is 0 Å². The van der Waals surface area contributed by atoms with Crippen LogP contribution in [-0.2, 0) is 13.1 Å². The Morgan fingerprint density at radius 2 is 1.21 bits per heavy atom. The van der Waals surface area contributed by atoms with E-state index in [1.165, 1.54) is 14.1 Å². The van der Waals surface area contributed by atoms with Gasteiger partial charge in [0.25, 0.3) is 0 Å². The lowest BCUT2D eigenvalue weighted by atomic mass is 10.0. The summed E-state index contributed by atoms with van der Waals surface area (Å²) in [6, 6.07) is 20.7. The SMILES string of the molecule is CNC(=O)Nc1ccc2c(c1)C(=O)/C(=C/c1c(-c3cnn(CC(C)C)c3)[nH]c3ccc(OC)cc13)O2.CNC(=O)Nc1ccc2c(c1)C(=O)CO2.COc1ccc2[nH]c(-c3cnn(CC(C)C)c3)c(C=O)c2c1. The molecule has 6 N–H and O–H groups in total. The van der Waals surface area contributed by atoms with Gasteiger partial charge in [-0.15, -0.1) is 0 Å². The number of anilines is 2. The molecule has 0 atom stereocenters. The molecule has 0 bridgehead atoms. The van der Waals surface area contributed by atoms with Crippen molar-refractivity contribution in [3.05, 3.63) is 126 Å². The predicted molar refractivity (Wildman–Crippen MR) is 279 cm³/mol. The molecule has 0 saturated heterocycles. The zero-order chi connectivity index (χ0) is 51.9. The van der Waals surface area contributed by atoms with E-state index in [0.29, 0.717) is 57.1 Å². The van der Waals surface area contributed by atoms with Gasteiger partial charge in [-0.3, -0.25) is 23.7 Å². The van der Waals surface area contributed by atoms with Gasteiger partial charge in [0, 0.05) is 95.0 Å². The van der Waals surface area contributed by atoms with Gasteiger partial charge in [-0.05, 0) is 90.7 Å². The van der Waals surface area contributed by atoms with Gasteiger partial charge < -0.3 is 50.2 Å². The van der Waals surface area contributed by atoms with Crippen LogP contribution in [0.2, 0.25) is 0 Å². The van der Waals surface area contributed by atoms with Crippen LogP contribution in [0.1, 0.15) is 64.3 Å². The van der Waals surface area contributed by atoms with Gasteiger partial charge in [-0.1, -0.05) is 27.7 Å². The first-order chi connectivity index (χ1) is 35.2. The third kappa shape index (κ3) is 11.3. The van der Waals surface area contributed by atoms with Crippen molar-refractivity contribution < 1.29 is 42.9 Å². The molecule has 10 rings (SSSR count). The summed E-state index contributed by atoms with van der Waals surface area (Å²) in [5.41, 5.74) is 8.67. The fraction of sp³-hybridized carbons (Fsp3) is 0.241.